The maximum atomic E-state index is 2.51. The second-order valence-electron chi connectivity index (χ2n) is 13.4. The Hall–Kier alpha value is -5.86. The molecule has 9 aromatic rings. The summed E-state index contributed by atoms with van der Waals surface area (Å²) in [7, 11) is 0. The standard InChI is InChI=1S/C45H32N2/c1-45(2)39-17-9-6-14-33(39)34-25-24-32(28-40(34)45)47-42-19-11-8-16-36(42)38-27-26-37-35-15-7-10-18-41(35)46(43(37)44(38)47)31-22-20-30(21-23-31)29-12-4-3-5-13-29/h3-28H,1-2H3. The maximum Gasteiger partial charge on any atom is 0.0788 e. The van der Waals surface area contributed by atoms with Crippen molar-refractivity contribution in [2.45, 2.75) is 19.3 Å². The van der Waals surface area contributed by atoms with Gasteiger partial charge in [-0.2, -0.15) is 0 Å². The number of para-hydroxylation sites is 2. The zero-order valence-electron chi connectivity index (χ0n) is 26.4. The fourth-order valence-electron chi connectivity index (χ4n) is 8.30. The second-order valence-corrected chi connectivity index (χ2v) is 13.4. The zero-order valence-corrected chi connectivity index (χ0v) is 26.4. The zero-order chi connectivity index (χ0) is 31.3. The minimum absolute atomic E-state index is 0.0780. The third-order valence-electron chi connectivity index (χ3n) is 10.5. The molecule has 0 saturated heterocycles. The molecule has 0 fully saturated rings. The van der Waals surface area contributed by atoms with E-state index in [4.69, 9.17) is 0 Å². The normalized spacial score (nSPS) is 13.5. The van der Waals surface area contributed by atoms with Crippen molar-refractivity contribution in [2.75, 3.05) is 0 Å². The number of nitrogens with zero attached hydrogens (tertiary/aromatic N) is 2. The first-order valence-corrected chi connectivity index (χ1v) is 16.5. The van der Waals surface area contributed by atoms with Gasteiger partial charge in [0.1, 0.15) is 0 Å². The largest absolute Gasteiger partial charge is 0.307 e. The molecule has 0 spiro atoms. The highest BCUT2D eigenvalue weighted by Gasteiger charge is 2.35. The first-order valence-electron chi connectivity index (χ1n) is 16.5. The van der Waals surface area contributed by atoms with Gasteiger partial charge in [0, 0.05) is 38.3 Å². The van der Waals surface area contributed by atoms with Gasteiger partial charge in [0.05, 0.1) is 22.1 Å². The van der Waals surface area contributed by atoms with Crippen LogP contribution >= 0.6 is 0 Å². The van der Waals surface area contributed by atoms with Crippen LogP contribution in [0.4, 0.5) is 0 Å². The molecule has 0 N–H and O–H groups in total. The fourth-order valence-corrected chi connectivity index (χ4v) is 8.30. The van der Waals surface area contributed by atoms with Gasteiger partial charge in [-0.3, -0.25) is 0 Å². The number of rotatable bonds is 3. The summed E-state index contributed by atoms with van der Waals surface area (Å²) >= 11 is 0. The molecule has 7 aromatic carbocycles. The molecule has 47 heavy (non-hydrogen) atoms. The molecule has 2 heteroatoms. The van der Waals surface area contributed by atoms with E-state index in [1.165, 1.54) is 82.7 Å². The van der Waals surface area contributed by atoms with E-state index >= 15 is 0 Å². The van der Waals surface area contributed by atoms with Crippen LogP contribution in [0.15, 0.2) is 158 Å². The monoisotopic (exact) mass is 600 g/mol. The van der Waals surface area contributed by atoms with Crippen LogP contribution in [0.3, 0.4) is 0 Å². The summed E-state index contributed by atoms with van der Waals surface area (Å²) in [6.45, 7) is 4.73. The minimum atomic E-state index is -0.0780. The van der Waals surface area contributed by atoms with Crippen LogP contribution in [0.2, 0.25) is 0 Å². The molecular weight excluding hydrogens is 569 g/mol. The van der Waals surface area contributed by atoms with Gasteiger partial charge >= 0.3 is 0 Å². The van der Waals surface area contributed by atoms with Gasteiger partial charge in [-0.1, -0.05) is 135 Å². The molecule has 0 radical (unpaired) electrons. The van der Waals surface area contributed by atoms with E-state index in [2.05, 4.69) is 181 Å². The highest BCUT2D eigenvalue weighted by Crippen LogP contribution is 2.50. The molecule has 10 rings (SSSR count). The topological polar surface area (TPSA) is 9.86 Å². The minimum Gasteiger partial charge on any atom is -0.307 e. The van der Waals surface area contributed by atoms with E-state index in [0.29, 0.717) is 0 Å². The summed E-state index contributed by atoms with van der Waals surface area (Å²) in [5, 5.41) is 5.06. The molecule has 0 saturated carbocycles. The Labute approximate surface area is 273 Å². The van der Waals surface area contributed by atoms with E-state index in [0.717, 1.165) is 5.69 Å². The predicted octanol–water partition coefficient (Wildman–Crippen LogP) is 11.9. The van der Waals surface area contributed by atoms with Crippen LogP contribution in [0, 0.1) is 0 Å². The van der Waals surface area contributed by atoms with Crippen LogP contribution in [-0.2, 0) is 5.41 Å². The van der Waals surface area contributed by atoms with Crippen molar-refractivity contribution in [1.29, 1.82) is 0 Å². The summed E-state index contributed by atoms with van der Waals surface area (Å²) in [6, 6.07) is 58.0. The maximum absolute atomic E-state index is 2.51. The Kier molecular flexibility index (Phi) is 5.37. The van der Waals surface area contributed by atoms with Gasteiger partial charge in [0.15, 0.2) is 0 Å². The Morgan fingerprint density at radius 3 is 1.57 bits per heavy atom. The Morgan fingerprint density at radius 2 is 0.894 bits per heavy atom. The molecule has 2 heterocycles. The second kappa shape index (κ2) is 9.57. The van der Waals surface area contributed by atoms with Crippen molar-refractivity contribution in [3.05, 3.63) is 169 Å². The molecule has 0 amide bonds. The van der Waals surface area contributed by atoms with Gasteiger partial charge in [-0.25, -0.2) is 0 Å². The van der Waals surface area contributed by atoms with Gasteiger partial charge < -0.3 is 9.13 Å². The highest BCUT2D eigenvalue weighted by atomic mass is 15.0. The van der Waals surface area contributed by atoms with Crippen LogP contribution in [0.25, 0.3) is 77.2 Å². The summed E-state index contributed by atoms with van der Waals surface area (Å²) < 4.78 is 4.99. The molecule has 1 aliphatic rings. The van der Waals surface area contributed by atoms with Gasteiger partial charge in [-0.15, -0.1) is 0 Å². The van der Waals surface area contributed by atoms with E-state index < -0.39 is 0 Å². The van der Waals surface area contributed by atoms with Gasteiger partial charge in [0.2, 0.25) is 0 Å². The smallest absolute Gasteiger partial charge is 0.0788 e. The van der Waals surface area contributed by atoms with Gasteiger partial charge in [-0.05, 0) is 69.8 Å². The van der Waals surface area contributed by atoms with Crippen molar-refractivity contribution >= 4 is 43.6 Å². The van der Waals surface area contributed by atoms with Gasteiger partial charge in [0.25, 0.3) is 0 Å². The predicted molar refractivity (Wildman–Crippen MR) is 198 cm³/mol. The Bertz CT molecular complexity index is 2680. The summed E-state index contributed by atoms with van der Waals surface area (Å²) in [6.07, 6.45) is 0. The van der Waals surface area contributed by atoms with Crippen molar-refractivity contribution < 1.29 is 0 Å². The summed E-state index contributed by atoms with van der Waals surface area (Å²) in [4.78, 5) is 0. The third-order valence-corrected chi connectivity index (χ3v) is 10.5. The molecule has 1 aliphatic carbocycles. The van der Waals surface area contributed by atoms with Crippen LogP contribution < -0.4 is 0 Å². The van der Waals surface area contributed by atoms with Crippen LogP contribution in [-0.4, -0.2) is 9.13 Å². The number of hydrogen-bond donors (Lipinski definition) is 0. The molecule has 222 valence electrons. The SMILES string of the molecule is CC1(C)c2ccccc2-c2ccc(-n3c4ccccc4c4ccc5c6ccccc6n(-c6ccc(-c7ccccc7)cc6)c5c43)cc21. The van der Waals surface area contributed by atoms with Crippen molar-refractivity contribution in [2.24, 2.45) is 0 Å². The lowest BCUT2D eigenvalue weighted by atomic mass is 9.82. The molecular formula is C45H32N2. The van der Waals surface area contributed by atoms with E-state index in [1.807, 2.05) is 0 Å². The Morgan fingerprint density at radius 1 is 0.383 bits per heavy atom. The average Bonchev–Trinajstić information content (AvgIpc) is 3.72. The first kappa shape index (κ1) is 26.4. The van der Waals surface area contributed by atoms with Crippen LogP contribution in [0.1, 0.15) is 25.0 Å². The van der Waals surface area contributed by atoms with Crippen molar-refractivity contribution in [3.63, 3.8) is 0 Å². The number of fused-ring (bicyclic) bond motifs is 10. The lowest BCUT2D eigenvalue weighted by molar-refractivity contribution is 0.660. The number of benzene rings is 7. The summed E-state index contributed by atoms with van der Waals surface area (Å²) in [5.74, 6) is 0. The van der Waals surface area contributed by atoms with Crippen molar-refractivity contribution in [3.8, 4) is 33.6 Å². The molecule has 2 aromatic heterocycles. The van der Waals surface area contributed by atoms with Crippen LogP contribution in [0.5, 0.6) is 0 Å². The Balaban J connectivity index is 1.30. The third kappa shape index (κ3) is 3.61. The van der Waals surface area contributed by atoms with E-state index in [1.54, 1.807) is 0 Å². The molecule has 2 nitrogen and oxygen atoms in total. The fraction of sp³-hybridized carbons (Fsp3) is 0.0667. The highest BCUT2D eigenvalue weighted by molar-refractivity contribution is 6.23. The number of aromatic nitrogens is 2. The number of hydrogen-bond acceptors (Lipinski definition) is 0. The summed E-state index contributed by atoms with van der Waals surface area (Å²) in [5.41, 5.74) is 15.1. The molecule has 0 atom stereocenters. The first-order chi connectivity index (χ1) is 23.1. The lowest BCUT2D eigenvalue weighted by Gasteiger charge is -2.22. The molecule has 0 aliphatic heterocycles. The quantitative estimate of drug-likeness (QED) is 0.191. The lowest BCUT2D eigenvalue weighted by Crippen LogP contribution is -2.15. The molecule has 0 unspecified atom stereocenters. The van der Waals surface area contributed by atoms with E-state index in [9.17, 15) is 0 Å². The molecule has 0 bridgehead atoms. The van der Waals surface area contributed by atoms with Crippen molar-refractivity contribution in [1.82, 2.24) is 9.13 Å². The average molecular weight is 601 g/mol. The van der Waals surface area contributed by atoms with E-state index in [-0.39, 0.29) is 5.41 Å².